The van der Waals surface area contributed by atoms with Crippen LogP contribution in [-0.4, -0.2) is 15.6 Å². The zero-order chi connectivity index (χ0) is 12.3. The van der Waals surface area contributed by atoms with Gasteiger partial charge in [0.25, 0.3) is 0 Å². The van der Waals surface area contributed by atoms with Gasteiger partial charge < -0.3 is 10.3 Å². The second kappa shape index (κ2) is 5.32. The van der Waals surface area contributed by atoms with E-state index in [0.29, 0.717) is 0 Å². The maximum Gasteiger partial charge on any atom is 0.109 e. The van der Waals surface area contributed by atoms with Crippen LogP contribution in [-0.2, 0) is 13.0 Å². The standard InChI is InChI=1S/C14H21N3/c1-3-14-16-12-8-4-5-9-13(12)17(14)10-6-7-11(2)15/h4-5,8-9,11H,3,6-7,10,15H2,1-2H3. The maximum absolute atomic E-state index is 5.79. The van der Waals surface area contributed by atoms with E-state index in [9.17, 15) is 0 Å². The lowest BCUT2D eigenvalue weighted by atomic mass is 10.2. The number of rotatable bonds is 5. The predicted octanol–water partition coefficient (Wildman–Crippen LogP) is 2.73. The number of aryl methyl sites for hydroxylation is 2. The molecule has 0 saturated heterocycles. The fraction of sp³-hybridized carbons (Fsp3) is 0.500. The molecule has 1 unspecified atom stereocenters. The van der Waals surface area contributed by atoms with E-state index in [2.05, 4.69) is 41.6 Å². The van der Waals surface area contributed by atoms with E-state index in [1.165, 1.54) is 11.3 Å². The molecule has 3 heteroatoms. The van der Waals surface area contributed by atoms with Crippen LogP contribution in [0.1, 0.15) is 32.5 Å². The molecule has 2 rings (SSSR count). The van der Waals surface area contributed by atoms with E-state index in [4.69, 9.17) is 5.73 Å². The fourth-order valence-corrected chi connectivity index (χ4v) is 2.22. The van der Waals surface area contributed by atoms with Gasteiger partial charge in [-0.15, -0.1) is 0 Å². The molecule has 1 aromatic carbocycles. The lowest BCUT2D eigenvalue weighted by Crippen LogP contribution is -2.15. The van der Waals surface area contributed by atoms with Crippen molar-refractivity contribution in [3.8, 4) is 0 Å². The highest BCUT2D eigenvalue weighted by atomic mass is 15.1. The SMILES string of the molecule is CCc1nc2ccccc2n1CCCC(C)N. The highest BCUT2D eigenvalue weighted by molar-refractivity contribution is 5.75. The van der Waals surface area contributed by atoms with Crippen molar-refractivity contribution in [2.24, 2.45) is 5.73 Å². The first-order chi connectivity index (χ1) is 8.22. The maximum atomic E-state index is 5.79. The first-order valence-corrected chi connectivity index (χ1v) is 6.42. The summed E-state index contributed by atoms with van der Waals surface area (Å²) in [4.78, 5) is 4.66. The minimum absolute atomic E-state index is 0.287. The van der Waals surface area contributed by atoms with E-state index in [-0.39, 0.29) is 6.04 Å². The normalized spacial score (nSPS) is 13.1. The monoisotopic (exact) mass is 231 g/mol. The average Bonchev–Trinajstić information content (AvgIpc) is 2.67. The van der Waals surface area contributed by atoms with Gasteiger partial charge in [0, 0.05) is 19.0 Å². The van der Waals surface area contributed by atoms with Gasteiger partial charge in [0.05, 0.1) is 11.0 Å². The van der Waals surface area contributed by atoms with Crippen molar-refractivity contribution in [2.45, 2.75) is 45.7 Å². The Morgan fingerprint density at radius 3 is 2.82 bits per heavy atom. The number of fused-ring (bicyclic) bond motifs is 1. The van der Waals surface area contributed by atoms with Crippen LogP contribution in [0.3, 0.4) is 0 Å². The highest BCUT2D eigenvalue weighted by Gasteiger charge is 2.08. The van der Waals surface area contributed by atoms with Crippen LogP contribution in [0.25, 0.3) is 11.0 Å². The summed E-state index contributed by atoms with van der Waals surface area (Å²) in [6.07, 6.45) is 3.16. The van der Waals surface area contributed by atoms with Crippen molar-refractivity contribution < 1.29 is 0 Å². The van der Waals surface area contributed by atoms with Gasteiger partial charge in [-0.1, -0.05) is 19.1 Å². The number of nitrogens with zero attached hydrogens (tertiary/aromatic N) is 2. The first kappa shape index (κ1) is 12.1. The van der Waals surface area contributed by atoms with Crippen molar-refractivity contribution in [1.29, 1.82) is 0 Å². The molecular weight excluding hydrogens is 210 g/mol. The van der Waals surface area contributed by atoms with Crippen LogP contribution in [0.2, 0.25) is 0 Å². The molecule has 0 aliphatic carbocycles. The van der Waals surface area contributed by atoms with Gasteiger partial charge in [-0.2, -0.15) is 0 Å². The Labute approximate surface area is 103 Å². The van der Waals surface area contributed by atoms with E-state index in [1.54, 1.807) is 0 Å². The van der Waals surface area contributed by atoms with Gasteiger partial charge in [0.1, 0.15) is 5.82 Å². The lowest BCUT2D eigenvalue weighted by Gasteiger charge is -2.09. The molecular formula is C14H21N3. The van der Waals surface area contributed by atoms with Gasteiger partial charge in [0.15, 0.2) is 0 Å². The minimum atomic E-state index is 0.287. The summed E-state index contributed by atoms with van der Waals surface area (Å²) in [6.45, 7) is 5.24. The van der Waals surface area contributed by atoms with Crippen LogP contribution in [0.5, 0.6) is 0 Å². The second-order valence-electron chi connectivity index (χ2n) is 4.64. The van der Waals surface area contributed by atoms with Gasteiger partial charge in [-0.25, -0.2) is 4.98 Å². The Morgan fingerprint density at radius 1 is 1.35 bits per heavy atom. The van der Waals surface area contributed by atoms with Crippen LogP contribution >= 0.6 is 0 Å². The molecule has 0 bridgehead atoms. The van der Waals surface area contributed by atoms with Crippen molar-refractivity contribution >= 4 is 11.0 Å². The zero-order valence-electron chi connectivity index (χ0n) is 10.7. The van der Waals surface area contributed by atoms with Crippen molar-refractivity contribution in [1.82, 2.24) is 9.55 Å². The van der Waals surface area contributed by atoms with Crippen LogP contribution in [0, 0.1) is 0 Å². The van der Waals surface area contributed by atoms with Crippen LogP contribution in [0.4, 0.5) is 0 Å². The molecule has 0 aliphatic rings. The molecule has 0 spiro atoms. The largest absolute Gasteiger partial charge is 0.328 e. The molecule has 2 aromatic rings. The van der Waals surface area contributed by atoms with Crippen LogP contribution in [0.15, 0.2) is 24.3 Å². The average molecular weight is 231 g/mol. The number of nitrogens with two attached hydrogens (primary N) is 1. The number of aromatic nitrogens is 2. The number of hydrogen-bond donors (Lipinski definition) is 1. The summed E-state index contributed by atoms with van der Waals surface area (Å²) in [5.74, 6) is 1.18. The summed E-state index contributed by atoms with van der Waals surface area (Å²) in [5, 5.41) is 0. The van der Waals surface area contributed by atoms with E-state index < -0.39 is 0 Å². The summed E-state index contributed by atoms with van der Waals surface area (Å²) in [5.41, 5.74) is 8.14. The molecule has 0 fully saturated rings. The van der Waals surface area contributed by atoms with Gasteiger partial charge >= 0.3 is 0 Å². The molecule has 1 atom stereocenters. The van der Waals surface area contributed by atoms with E-state index in [1.807, 2.05) is 6.07 Å². The summed E-state index contributed by atoms with van der Waals surface area (Å²) in [7, 11) is 0. The summed E-state index contributed by atoms with van der Waals surface area (Å²) >= 11 is 0. The van der Waals surface area contributed by atoms with Gasteiger partial charge in [-0.05, 0) is 31.9 Å². The van der Waals surface area contributed by atoms with Crippen molar-refractivity contribution in [3.63, 3.8) is 0 Å². The van der Waals surface area contributed by atoms with Crippen LogP contribution < -0.4 is 5.73 Å². The minimum Gasteiger partial charge on any atom is -0.328 e. The number of hydrogen-bond acceptors (Lipinski definition) is 2. The molecule has 2 N–H and O–H groups in total. The van der Waals surface area contributed by atoms with Gasteiger partial charge in [-0.3, -0.25) is 0 Å². The number of imidazole rings is 1. The molecule has 3 nitrogen and oxygen atoms in total. The lowest BCUT2D eigenvalue weighted by molar-refractivity contribution is 0.554. The highest BCUT2D eigenvalue weighted by Crippen LogP contribution is 2.17. The third kappa shape index (κ3) is 2.67. The fourth-order valence-electron chi connectivity index (χ4n) is 2.22. The topological polar surface area (TPSA) is 43.8 Å². The first-order valence-electron chi connectivity index (χ1n) is 6.42. The molecule has 1 heterocycles. The zero-order valence-corrected chi connectivity index (χ0v) is 10.7. The van der Waals surface area contributed by atoms with Crippen molar-refractivity contribution in [2.75, 3.05) is 0 Å². The Bertz CT molecular complexity index is 485. The summed E-state index contributed by atoms with van der Waals surface area (Å²) < 4.78 is 2.33. The molecule has 0 saturated carbocycles. The van der Waals surface area contributed by atoms with E-state index >= 15 is 0 Å². The second-order valence-corrected chi connectivity index (χ2v) is 4.64. The molecule has 0 amide bonds. The Balaban J connectivity index is 2.24. The Kier molecular flexibility index (Phi) is 3.79. The molecule has 1 aromatic heterocycles. The Hall–Kier alpha value is -1.35. The molecule has 0 aliphatic heterocycles. The Morgan fingerprint density at radius 2 is 2.12 bits per heavy atom. The number of benzene rings is 1. The number of para-hydroxylation sites is 2. The van der Waals surface area contributed by atoms with Crippen molar-refractivity contribution in [3.05, 3.63) is 30.1 Å². The van der Waals surface area contributed by atoms with E-state index in [0.717, 1.165) is 31.3 Å². The predicted molar refractivity (Wildman–Crippen MR) is 72.0 cm³/mol. The smallest absolute Gasteiger partial charge is 0.109 e. The summed E-state index contributed by atoms with van der Waals surface area (Å²) in [6, 6.07) is 8.63. The molecule has 92 valence electrons. The third-order valence-corrected chi connectivity index (χ3v) is 3.09. The molecule has 17 heavy (non-hydrogen) atoms. The molecule has 0 radical (unpaired) electrons. The quantitative estimate of drug-likeness (QED) is 0.860. The third-order valence-electron chi connectivity index (χ3n) is 3.09. The van der Waals surface area contributed by atoms with Gasteiger partial charge in [0.2, 0.25) is 0 Å².